The zero-order valence-electron chi connectivity index (χ0n) is 24.7. The van der Waals surface area contributed by atoms with Crippen molar-refractivity contribution in [1.29, 1.82) is 0 Å². The average Bonchev–Trinajstić information content (AvgIpc) is 3.57. The van der Waals surface area contributed by atoms with Crippen molar-refractivity contribution in [2.45, 2.75) is 96.0 Å². The number of carboxylic acid groups (broad SMARTS) is 1. The van der Waals surface area contributed by atoms with Gasteiger partial charge in [0.15, 0.2) is 0 Å². The molecule has 2 saturated heterocycles. The van der Waals surface area contributed by atoms with Gasteiger partial charge in [-0.3, -0.25) is 4.79 Å². The van der Waals surface area contributed by atoms with Crippen molar-refractivity contribution in [3.05, 3.63) is 58.8 Å². The standard InChI is InChI=1S/C32H41F2N3O5/c1-32(2,3)24-25(35-17-20-15-19(18-9-7-10-18)16-36-29(20)41-4)26(21-11-5-6-12-22(21)28(33)34)37(27(24)31(39)40)30(38)23-13-8-14-42-23/h5-6,11-12,15-16,18,23-28,35H,7-10,13-14,17H2,1-4H3,(H,39,40)/t23-,24-,25-,26-,27-/m0/s1. The number of methoxy groups -OCH3 is 1. The Morgan fingerprint density at radius 3 is 2.50 bits per heavy atom. The summed E-state index contributed by atoms with van der Waals surface area (Å²) in [6.07, 6.45) is 2.73. The summed E-state index contributed by atoms with van der Waals surface area (Å²) >= 11 is 0. The van der Waals surface area contributed by atoms with Crippen LogP contribution in [0.15, 0.2) is 36.5 Å². The maximum absolute atomic E-state index is 14.4. The molecule has 5 atom stereocenters. The fourth-order valence-corrected chi connectivity index (χ4v) is 6.99. The van der Waals surface area contributed by atoms with Gasteiger partial charge in [-0.1, -0.05) is 51.5 Å². The molecular formula is C32H41F2N3O5. The molecule has 1 aromatic heterocycles. The number of carbonyl (C=O) groups excluding carboxylic acids is 1. The van der Waals surface area contributed by atoms with E-state index < -0.39 is 53.9 Å². The SMILES string of the molecule is COc1ncc(C2CCC2)cc1CN[C@H]1[C@H](C(C)(C)C)[C@@H](C(=O)O)N(C(=O)[C@@H]2CCCO2)[C@H]1c1ccccc1C(F)F. The van der Waals surface area contributed by atoms with E-state index in [2.05, 4.69) is 16.4 Å². The third-order valence-electron chi connectivity index (χ3n) is 9.17. The van der Waals surface area contributed by atoms with Crippen LogP contribution >= 0.6 is 0 Å². The molecule has 0 unspecified atom stereocenters. The third kappa shape index (κ3) is 5.75. The van der Waals surface area contributed by atoms with E-state index in [4.69, 9.17) is 9.47 Å². The first-order valence-corrected chi connectivity index (χ1v) is 14.8. The van der Waals surface area contributed by atoms with Crippen LogP contribution in [-0.2, 0) is 20.9 Å². The van der Waals surface area contributed by atoms with Crippen LogP contribution in [0.25, 0.3) is 0 Å². The predicted octanol–water partition coefficient (Wildman–Crippen LogP) is 5.63. The quantitative estimate of drug-likeness (QED) is 0.393. The monoisotopic (exact) mass is 585 g/mol. The summed E-state index contributed by atoms with van der Waals surface area (Å²) in [6.45, 7) is 6.44. The largest absolute Gasteiger partial charge is 0.481 e. The molecule has 2 aliphatic heterocycles. The van der Waals surface area contributed by atoms with Crippen LogP contribution in [0.2, 0.25) is 0 Å². The Hall–Kier alpha value is -3.11. The predicted molar refractivity (Wildman–Crippen MR) is 152 cm³/mol. The normalized spacial score (nSPS) is 26.5. The molecule has 228 valence electrons. The van der Waals surface area contributed by atoms with Gasteiger partial charge in [0.25, 0.3) is 12.3 Å². The number of ether oxygens (including phenoxy) is 2. The molecule has 2 N–H and O–H groups in total. The molecule has 0 spiro atoms. The van der Waals surface area contributed by atoms with Gasteiger partial charge in [-0.05, 0) is 54.2 Å². The van der Waals surface area contributed by atoms with Crippen molar-refractivity contribution in [1.82, 2.24) is 15.2 Å². The molecule has 3 fully saturated rings. The number of hydrogen-bond acceptors (Lipinski definition) is 6. The second-order valence-electron chi connectivity index (χ2n) is 12.8. The number of nitrogens with zero attached hydrogens (tertiary/aromatic N) is 2. The van der Waals surface area contributed by atoms with Gasteiger partial charge in [0, 0.05) is 42.4 Å². The van der Waals surface area contributed by atoms with Crippen LogP contribution in [0.5, 0.6) is 5.88 Å². The van der Waals surface area contributed by atoms with Crippen LogP contribution in [0.4, 0.5) is 8.78 Å². The molecule has 3 aliphatic rings. The number of carboxylic acids is 1. The van der Waals surface area contributed by atoms with E-state index in [0.29, 0.717) is 31.2 Å². The Morgan fingerprint density at radius 1 is 1.19 bits per heavy atom. The first-order valence-electron chi connectivity index (χ1n) is 14.8. The zero-order valence-corrected chi connectivity index (χ0v) is 24.7. The highest BCUT2D eigenvalue weighted by Crippen LogP contribution is 2.50. The molecular weight excluding hydrogens is 544 g/mol. The van der Waals surface area contributed by atoms with Crippen LogP contribution in [0, 0.1) is 11.3 Å². The van der Waals surface area contributed by atoms with Crippen molar-refractivity contribution in [3.8, 4) is 5.88 Å². The Kier molecular flexibility index (Phi) is 8.85. The number of aliphatic carboxylic acids is 1. The van der Waals surface area contributed by atoms with Gasteiger partial charge < -0.3 is 24.8 Å². The molecule has 2 aromatic rings. The van der Waals surface area contributed by atoms with Crippen molar-refractivity contribution in [3.63, 3.8) is 0 Å². The fourth-order valence-electron chi connectivity index (χ4n) is 6.99. The van der Waals surface area contributed by atoms with Crippen molar-refractivity contribution >= 4 is 11.9 Å². The lowest BCUT2D eigenvalue weighted by Crippen LogP contribution is -2.50. The molecule has 5 rings (SSSR count). The molecule has 3 heterocycles. The highest BCUT2D eigenvalue weighted by Gasteiger charge is 2.59. The minimum atomic E-state index is -2.80. The van der Waals surface area contributed by atoms with Crippen molar-refractivity contribution in [2.75, 3.05) is 13.7 Å². The van der Waals surface area contributed by atoms with Gasteiger partial charge >= 0.3 is 5.97 Å². The number of hydrogen-bond donors (Lipinski definition) is 2. The van der Waals surface area contributed by atoms with Gasteiger partial charge in [0.1, 0.15) is 12.1 Å². The molecule has 1 amide bonds. The van der Waals surface area contributed by atoms with Gasteiger partial charge in [-0.25, -0.2) is 18.6 Å². The zero-order chi connectivity index (χ0) is 30.2. The number of rotatable bonds is 9. The first-order chi connectivity index (χ1) is 20.0. The number of alkyl halides is 2. The summed E-state index contributed by atoms with van der Waals surface area (Å²) in [7, 11) is 1.55. The summed E-state index contributed by atoms with van der Waals surface area (Å²) in [4.78, 5) is 33.0. The second-order valence-corrected chi connectivity index (χ2v) is 12.8. The Balaban J connectivity index is 1.62. The maximum atomic E-state index is 14.4. The molecule has 0 bridgehead atoms. The third-order valence-corrected chi connectivity index (χ3v) is 9.17. The van der Waals surface area contributed by atoms with E-state index in [-0.39, 0.29) is 17.7 Å². The van der Waals surface area contributed by atoms with E-state index in [1.807, 2.05) is 27.0 Å². The fraction of sp³-hybridized carbons (Fsp3) is 0.594. The Bertz CT molecular complexity index is 1290. The van der Waals surface area contributed by atoms with E-state index in [1.165, 1.54) is 23.5 Å². The lowest BCUT2D eigenvalue weighted by Gasteiger charge is -2.35. The topological polar surface area (TPSA) is 101 Å². The smallest absolute Gasteiger partial charge is 0.326 e. The van der Waals surface area contributed by atoms with Gasteiger partial charge in [0.2, 0.25) is 5.88 Å². The lowest BCUT2D eigenvalue weighted by atomic mass is 9.72. The van der Waals surface area contributed by atoms with Crippen LogP contribution in [0.1, 0.15) is 93.5 Å². The number of aromatic nitrogens is 1. The van der Waals surface area contributed by atoms with Crippen LogP contribution in [0.3, 0.4) is 0 Å². The summed E-state index contributed by atoms with van der Waals surface area (Å²) in [6, 6.07) is 5.29. The molecule has 42 heavy (non-hydrogen) atoms. The first kappa shape index (κ1) is 30.4. The van der Waals surface area contributed by atoms with Gasteiger partial charge in [-0.15, -0.1) is 0 Å². The van der Waals surface area contributed by atoms with Crippen LogP contribution in [-0.4, -0.2) is 58.8 Å². The molecule has 1 aliphatic carbocycles. The highest BCUT2D eigenvalue weighted by molar-refractivity contribution is 5.88. The van der Waals surface area contributed by atoms with Gasteiger partial charge in [0.05, 0.1) is 13.2 Å². The van der Waals surface area contributed by atoms with Gasteiger partial charge in [-0.2, -0.15) is 0 Å². The summed E-state index contributed by atoms with van der Waals surface area (Å²) in [5.41, 5.74) is 1.33. The number of halogens is 2. The molecule has 1 saturated carbocycles. The number of pyridine rings is 1. The minimum absolute atomic E-state index is 0.218. The summed E-state index contributed by atoms with van der Waals surface area (Å²) < 4.78 is 40.2. The summed E-state index contributed by atoms with van der Waals surface area (Å²) in [5, 5.41) is 14.2. The molecule has 8 nitrogen and oxygen atoms in total. The van der Waals surface area contributed by atoms with E-state index in [0.717, 1.165) is 24.0 Å². The minimum Gasteiger partial charge on any atom is -0.481 e. The van der Waals surface area contributed by atoms with Crippen molar-refractivity contribution < 1.29 is 33.0 Å². The maximum Gasteiger partial charge on any atom is 0.326 e. The average molecular weight is 586 g/mol. The molecule has 10 heteroatoms. The van der Waals surface area contributed by atoms with E-state index in [9.17, 15) is 23.5 Å². The highest BCUT2D eigenvalue weighted by atomic mass is 19.3. The summed E-state index contributed by atoms with van der Waals surface area (Å²) in [5.74, 6) is -1.38. The lowest BCUT2D eigenvalue weighted by molar-refractivity contribution is -0.156. The number of nitrogens with one attached hydrogen (secondary N) is 1. The van der Waals surface area contributed by atoms with E-state index in [1.54, 1.807) is 19.2 Å². The van der Waals surface area contributed by atoms with E-state index >= 15 is 0 Å². The number of benzene rings is 1. The number of amides is 1. The second kappa shape index (κ2) is 12.2. The van der Waals surface area contributed by atoms with Crippen LogP contribution < -0.4 is 10.1 Å². The number of likely N-dealkylation sites (tertiary alicyclic amines) is 1. The number of carbonyl (C=O) groups is 2. The molecule has 1 aromatic carbocycles. The molecule has 0 radical (unpaired) electrons. The Morgan fingerprint density at radius 2 is 1.93 bits per heavy atom. The Labute approximate surface area is 245 Å². The van der Waals surface area contributed by atoms with Crippen molar-refractivity contribution in [2.24, 2.45) is 11.3 Å².